The maximum absolute atomic E-state index is 12.7. The van der Waals surface area contributed by atoms with Gasteiger partial charge in [-0.25, -0.2) is 0 Å². The fourth-order valence-corrected chi connectivity index (χ4v) is 4.45. The van der Waals surface area contributed by atoms with Gasteiger partial charge in [0.25, 0.3) is 0 Å². The first-order valence-corrected chi connectivity index (χ1v) is 11.3. The second kappa shape index (κ2) is 13.6. The molecule has 2 aliphatic heterocycles. The van der Waals surface area contributed by atoms with Crippen LogP contribution in [0.2, 0.25) is 0 Å². The van der Waals surface area contributed by atoms with E-state index in [1.165, 1.54) is 5.56 Å². The van der Waals surface area contributed by atoms with Gasteiger partial charge in [-0.05, 0) is 43.6 Å². The third-order valence-corrected chi connectivity index (χ3v) is 6.27. The highest BCUT2D eigenvalue weighted by molar-refractivity contribution is 14.0. The van der Waals surface area contributed by atoms with Crippen molar-refractivity contribution in [2.45, 2.75) is 38.1 Å². The molecule has 8 nitrogen and oxygen atoms in total. The number of piperidine rings is 2. The summed E-state index contributed by atoms with van der Waals surface area (Å²) < 4.78 is 0. The lowest BCUT2D eigenvalue weighted by Crippen LogP contribution is -2.51. The number of guanidine groups is 1. The molecule has 0 unspecified atom stereocenters. The lowest BCUT2D eigenvalue weighted by Gasteiger charge is -2.33. The highest BCUT2D eigenvalue weighted by Crippen LogP contribution is 2.21. The molecular formula is C23H37IN6O2. The topological polar surface area (TPSA) is 103 Å². The summed E-state index contributed by atoms with van der Waals surface area (Å²) in [4.78, 5) is 32.0. The van der Waals surface area contributed by atoms with Gasteiger partial charge in [-0.15, -0.1) is 24.0 Å². The molecule has 2 heterocycles. The zero-order valence-corrected chi connectivity index (χ0v) is 21.3. The van der Waals surface area contributed by atoms with Crippen LogP contribution < -0.4 is 16.4 Å². The van der Waals surface area contributed by atoms with Crippen LogP contribution in [0.4, 0.5) is 0 Å². The van der Waals surface area contributed by atoms with Crippen LogP contribution in [0, 0.1) is 5.92 Å². The Balaban J connectivity index is 0.00000363. The molecule has 0 atom stereocenters. The summed E-state index contributed by atoms with van der Waals surface area (Å²) >= 11 is 0. The van der Waals surface area contributed by atoms with Crippen molar-refractivity contribution in [2.24, 2.45) is 16.6 Å². The quantitative estimate of drug-likeness (QED) is 0.266. The monoisotopic (exact) mass is 556 g/mol. The number of primary amides is 1. The maximum Gasteiger partial charge on any atom is 0.241 e. The van der Waals surface area contributed by atoms with E-state index in [2.05, 4.69) is 44.8 Å². The Morgan fingerprint density at radius 3 is 2.31 bits per heavy atom. The first-order chi connectivity index (χ1) is 15.0. The maximum atomic E-state index is 12.7. The average molecular weight is 556 g/mol. The highest BCUT2D eigenvalue weighted by Gasteiger charge is 2.24. The summed E-state index contributed by atoms with van der Waals surface area (Å²) in [5.41, 5.74) is 6.65. The number of rotatable bonds is 7. The van der Waals surface area contributed by atoms with Crippen LogP contribution >= 0.6 is 24.0 Å². The lowest BCUT2D eigenvalue weighted by atomic mass is 9.90. The van der Waals surface area contributed by atoms with Crippen LogP contribution in [-0.2, 0) is 16.0 Å². The fourth-order valence-electron chi connectivity index (χ4n) is 4.45. The molecular weight excluding hydrogens is 519 g/mol. The molecule has 32 heavy (non-hydrogen) atoms. The Bertz CT molecular complexity index is 744. The Kier molecular flexibility index (Phi) is 11.2. The van der Waals surface area contributed by atoms with E-state index in [-0.39, 0.29) is 48.4 Å². The molecule has 0 spiro atoms. The fraction of sp³-hybridized carbons (Fsp3) is 0.609. The van der Waals surface area contributed by atoms with Gasteiger partial charge in [0.15, 0.2) is 5.96 Å². The molecule has 0 bridgehead atoms. The Hall–Kier alpha value is -1.88. The van der Waals surface area contributed by atoms with Gasteiger partial charge in [-0.2, -0.15) is 0 Å². The number of nitrogens with one attached hydrogen (secondary N) is 2. The molecule has 0 aromatic heterocycles. The summed E-state index contributed by atoms with van der Waals surface area (Å²) in [5, 5.41) is 6.57. The molecule has 4 N–H and O–H groups in total. The molecule has 0 radical (unpaired) electrons. The average Bonchev–Trinajstić information content (AvgIpc) is 2.78. The van der Waals surface area contributed by atoms with Gasteiger partial charge in [0.2, 0.25) is 11.8 Å². The van der Waals surface area contributed by atoms with Crippen molar-refractivity contribution in [1.29, 1.82) is 0 Å². The molecule has 1 aromatic carbocycles. The molecule has 0 aliphatic carbocycles. The molecule has 2 aliphatic rings. The van der Waals surface area contributed by atoms with Crippen molar-refractivity contribution in [3.8, 4) is 0 Å². The number of amides is 2. The van der Waals surface area contributed by atoms with Crippen LogP contribution in [0.3, 0.4) is 0 Å². The third-order valence-electron chi connectivity index (χ3n) is 6.27. The number of aliphatic imine (C=N–C) groups is 1. The van der Waals surface area contributed by atoms with Crippen molar-refractivity contribution < 1.29 is 9.59 Å². The minimum atomic E-state index is -0.286. The highest BCUT2D eigenvalue weighted by atomic mass is 127. The Morgan fingerprint density at radius 2 is 1.72 bits per heavy atom. The first kappa shape index (κ1) is 26.4. The minimum Gasteiger partial charge on any atom is -0.369 e. The smallest absolute Gasteiger partial charge is 0.241 e. The van der Waals surface area contributed by atoms with Gasteiger partial charge in [0.05, 0.1) is 13.1 Å². The van der Waals surface area contributed by atoms with Crippen LogP contribution in [0.25, 0.3) is 0 Å². The van der Waals surface area contributed by atoms with Crippen molar-refractivity contribution >= 4 is 41.8 Å². The molecule has 3 rings (SSSR count). The third kappa shape index (κ3) is 8.57. The number of halogens is 1. The second-order valence-electron chi connectivity index (χ2n) is 8.60. The molecule has 9 heteroatoms. The molecule has 0 saturated carbocycles. The normalized spacial score (nSPS) is 18.7. The minimum absolute atomic E-state index is 0. The number of carbonyl (C=O) groups is 2. The predicted molar refractivity (Wildman–Crippen MR) is 138 cm³/mol. The van der Waals surface area contributed by atoms with E-state index in [0.717, 1.165) is 58.3 Å². The van der Waals surface area contributed by atoms with Gasteiger partial charge in [-0.1, -0.05) is 30.3 Å². The zero-order valence-electron chi connectivity index (χ0n) is 19.0. The number of hydrogen-bond donors (Lipinski definition) is 3. The Labute approximate surface area is 208 Å². The Morgan fingerprint density at radius 1 is 1.06 bits per heavy atom. The van der Waals surface area contributed by atoms with Crippen LogP contribution in [0.1, 0.15) is 31.2 Å². The first-order valence-electron chi connectivity index (χ1n) is 11.3. The SMILES string of the molecule is CN=C(NCC(=O)N1CCC(Cc2ccccc2)CC1)NC1CCN(CC(N)=O)CC1.I. The van der Waals surface area contributed by atoms with Gasteiger partial charge in [0, 0.05) is 39.3 Å². The predicted octanol–water partition coefficient (Wildman–Crippen LogP) is 1.20. The van der Waals surface area contributed by atoms with E-state index in [4.69, 9.17) is 5.73 Å². The second-order valence-corrected chi connectivity index (χ2v) is 8.60. The van der Waals surface area contributed by atoms with Crippen LogP contribution in [0.5, 0.6) is 0 Å². The summed E-state index contributed by atoms with van der Waals surface area (Å²) in [6, 6.07) is 10.9. The summed E-state index contributed by atoms with van der Waals surface area (Å²) in [6.45, 7) is 3.87. The number of benzene rings is 1. The summed E-state index contributed by atoms with van der Waals surface area (Å²) in [7, 11) is 1.72. The van der Waals surface area contributed by atoms with Gasteiger partial charge >= 0.3 is 0 Å². The molecule has 1 aromatic rings. The van der Waals surface area contributed by atoms with E-state index in [0.29, 0.717) is 18.4 Å². The van der Waals surface area contributed by atoms with Crippen LogP contribution in [0.15, 0.2) is 35.3 Å². The lowest BCUT2D eigenvalue weighted by molar-refractivity contribution is -0.131. The summed E-state index contributed by atoms with van der Waals surface area (Å²) in [5.74, 6) is 1.14. The number of hydrogen-bond acceptors (Lipinski definition) is 4. The van der Waals surface area contributed by atoms with E-state index in [9.17, 15) is 9.59 Å². The van der Waals surface area contributed by atoms with Gasteiger partial charge in [-0.3, -0.25) is 19.5 Å². The van der Waals surface area contributed by atoms with Crippen molar-refractivity contribution in [2.75, 3.05) is 46.3 Å². The van der Waals surface area contributed by atoms with Crippen molar-refractivity contribution in [3.05, 3.63) is 35.9 Å². The molecule has 2 amide bonds. The van der Waals surface area contributed by atoms with Gasteiger partial charge in [0.1, 0.15) is 0 Å². The number of nitrogens with zero attached hydrogens (tertiary/aromatic N) is 3. The molecule has 2 fully saturated rings. The van der Waals surface area contributed by atoms with Crippen molar-refractivity contribution in [3.63, 3.8) is 0 Å². The molecule has 178 valence electrons. The van der Waals surface area contributed by atoms with E-state index in [1.807, 2.05) is 11.0 Å². The molecule has 2 saturated heterocycles. The van der Waals surface area contributed by atoms with Crippen LogP contribution in [-0.4, -0.2) is 79.9 Å². The van der Waals surface area contributed by atoms with E-state index >= 15 is 0 Å². The number of carbonyl (C=O) groups excluding carboxylic acids is 2. The van der Waals surface area contributed by atoms with Crippen molar-refractivity contribution in [1.82, 2.24) is 20.4 Å². The zero-order chi connectivity index (χ0) is 22.1. The van der Waals surface area contributed by atoms with E-state index < -0.39 is 0 Å². The van der Waals surface area contributed by atoms with E-state index in [1.54, 1.807) is 7.05 Å². The standard InChI is InChI=1S/C23H36N6O2.HI/c1-25-23(27-20-9-11-28(12-10-20)17-21(24)30)26-16-22(31)29-13-7-19(8-14-29)15-18-5-3-2-4-6-18;/h2-6,19-20H,7-17H2,1H3,(H2,24,30)(H2,25,26,27);1H. The summed E-state index contributed by atoms with van der Waals surface area (Å²) in [6.07, 6.45) is 5.03. The largest absolute Gasteiger partial charge is 0.369 e. The number of likely N-dealkylation sites (tertiary alicyclic amines) is 2. The van der Waals surface area contributed by atoms with Gasteiger partial charge < -0.3 is 21.3 Å². The number of nitrogens with two attached hydrogens (primary N) is 1.